The van der Waals surface area contributed by atoms with Crippen molar-refractivity contribution < 1.29 is 14.2 Å². The number of hydrogen-bond donors (Lipinski definition) is 1. The minimum atomic E-state index is -0.644. The Morgan fingerprint density at radius 3 is 2.53 bits per heavy atom. The van der Waals surface area contributed by atoms with E-state index in [0.717, 1.165) is 6.42 Å². The molecular weight excluding hydrogens is 245 g/mol. The van der Waals surface area contributed by atoms with Gasteiger partial charge in [-0.25, -0.2) is 4.39 Å². The summed E-state index contributed by atoms with van der Waals surface area (Å²) in [4.78, 5) is 1.98. The molecule has 4 heteroatoms. The van der Waals surface area contributed by atoms with Gasteiger partial charge in [0.1, 0.15) is 0 Å². The number of hydrogen-bond acceptors (Lipinski definition) is 3. The Morgan fingerprint density at radius 1 is 1.42 bits per heavy atom. The molecule has 0 amide bonds. The zero-order valence-corrected chi connectivity index (χ0v) is 12.4. The molecule has 1 rings (SSSR count). The zero-order valence-electron chi connectivity index (χ0n) is 12.4. The SMILES string of the molecule is CCC(C)(C(O)Cc1cccc(OC)c1F)N(C)C. The van der Waals surface area contributed by atoms with Gasteiger partial charge in [-0.1, -0.05) is 19.1 Å². The highest BCUT2D eigenvalue weighted by Gasteiger charge is 2.34. The normalized spacial score (nSPS) is 16.2. The first-order chi connectivity index (χ1) is 8.86. The fourth-order valence-electron chi connectivity index (χ4n) is 2.15. The van der Waals surface area contributed by atoms with Crippen LogP contribution in [0.1, 0.15) is 25.8 Å². The van der Waals surface area contributed by atoms with Crippen LogP contribution in [-0.4, -0.2) is 42.9 Å². The molecule has 0 aliphatic rings. The van der Waals surface area contributed by atoms with Crippen LogP contribution >= 0.6 is 0 Å². The summed E-state index contributed by atoms with van der Waals surface area (Å²) in [5.74, 6) is -0.172. The molecule has 0 spiro atoms. The van der Waals surface area contributed by atoms with Crippen LogP contribution in [0.4, 0.5) is 4.39 Å². The van der Waals surface area contributed by atoms with E-state index < -0.39 is 6.10 Å². The number of likely N-dealkylation sites (N-methyl/N-ethyl adjacent to an activating group) is 1. The number of halogens is 1. The van der Waals surface area contributed by atoms with Crippen molar-refractivity contribution >= 4 is 0 Å². The van der Waals surface area contributed by atoms with Crippen LogP contribution in [0.2, 0.25) is 0 Å². The number of ether oxygens (including phenoxy) is 1. The van der Waals surface area contributed by atoms with Crippen molar-refractivity contribution in [1.82, 2.24) is 4.90 Å². The topological polar surface area (TPSA) is 32.7 Å². The van der Waals surface area contributed by atoms with Crippen molar-refractivity contribution in [3.8, 4) is 5.75 Å². The van der Waals surface area contributed by atoms with Gasteiger partial charge in [0, 0.05) is 12.0 Å². The fourth-order valence-corrected chi connectivity index (χ4v) is 2.15. The molecule has 1 aromatic carbocycles. The van der Waals surface area contributed by atoms with Gasteiger partial charge in [-0.3, -0.25) is 0 Å². The maximum Gasteiger partial charge on any atom is 0.168 e. The van der Waals surface area contributed by atoms with Gasteiger partial charge < -0.3 is 14.7 Å². The first kappa shape index (κ1) is 15.9. The van der Waals surface area contributed by atoms with Crippen LogP contribution in [0.5, 0.6) is 5.75 Å². The van der Waals surface area contributed by atoms with E-state index in [2.05, 4.69) is 0 Å². The Labute approximate surface area is 115 Å². The second-order valence-electron chi connectivity index (χ2n) is 5.26. The maximum atomic E-state index is 14.1. The standard InChI is InChI=1S/C15H24FNO2/c1-6-15(2,17(3)4)13(18)10-11-8-7-9-12(19-5)14(11)16/h7-9,13,18H,6,10H2,1-5H3. The first-order valence-electron chi connectivity index (χ1n) is 6.53. The fraction of sp³-hybridized carbons (Fsp3) is 0.600. The number of nitrogens with zero attached hydrogens (tertiary/aromatic N) is 1. The molecule has 0 heterocycles. The molecule has 3 nitrogen and oxygen atoms in total. The van der Waals surface area contributed by atoms with Crippen molar-refractivity contribution in [2.45, 2.75) is 38.3 Å². The van der Waals surface area contributed by atoms with Crippen molar-refractivity contribution in [2.24, 2.45) is 0 Å². The molecule has 0 bridgehead atoms. The van der Waals surface area contributed by atoms with Crippen LogP contribution in [0, 0.1) is 5.82 Å². The molecule has 0 aliphatic carbocycles. The zero-order chi connectivity index (χ0) is 14.6. The Balaban J connectivity index is 2.96. The van der Waals surface area contributed by atoms with Gasteiger partial charge in [-0.15, -0.1) is 0 Å². The number of methoxy groups -OCH3 is 1. The number of rotatable bonds is 6. The highest BCUT2D eigenvalue weighted by atomic mass is 19.1. The summed E-state index contributed by atoms with van der Waals surface area (Å²) in [5, 5.41) is 10.4. The summed E-state index contributed by atoms with van der Waals surface area (Å²) >= 11 is 0. The lowest BCUT2D eigenvalue weighted by Gasteiger charge is -2.40. The third-order valence-corrected chi connectivity index (χ3v) is 4.13. The minimum absolute atomic E-state index is 0.216. The van der Waals surface area contributed by atoms with Crippen LogP contribution in [0.15, 0.2) is 18.2 Å². The lowest BCUT2D eigenvalue weighted by Crippen LogP contribution is -2.51. The van der Waals surface area contributed by atoms with E-state index in [-0.39, 0.29) is 23.5 Å². The van der Waals surface area contributed by atoms with E-state index in [4.69, 9.17) is 4.74 Å². The second-order valence-corrected chi connectivity index (χ2v) is 5.26. The van der Waals surface area contributed by atoms with Gasteiger partial charge in [0.15, 0.2) is 11.6 Å². The van der Waals surface area contributed by atoms with Gasteiger partial charge in [0.25, 0.3) is 0 Å². The summed E-state index contributed by atoms with van der Waals surface area (Å²) in [5.41, 5.74) is 0.101. The number of aliphatic hydroxyl groups excluding tert-OH is 1. The molecule has 2 unspecified atom stereocenters. The molecule has 1 aromatic rings. The van der Waals surface area contributed by atoms with Crippen molar-refractivity contribution in [1.29, 1.82) is 0 Å². The minimum Gasteiger partial charge on any atom is -0.494 e. The Morgan fingerprint density at radius 2 is 2.05 bits per heavy atom. The molecule has 0 saturated heterocycles. The number of benzene rings is 1. The van der Waals surface area contributed by atoms with E-state index in [1.54, 1.807) is 18.2 Å². The van der Waals surface area contributed by atoms with Crippen LogP contribution < -0.4 is 4.74 Å². The van der Waals surface area contributed by atoms with Gasteiger partial charge in [-0.2, -0.15) is 0 Å². The smallest absolute Gasteiger partial charge is 0.168 e. The molecular formula is C15H24FNO2. The average molecular weight is 269 g/mol. The quantitative estimate of drug-likeness (QED) is 0.861. The molecule has 0 fully saturated rings. The summed E-state index contributed by atoms with van der Waals surface area (Å²) in [6.07, 6.45) is 0.410. The van der Waals surface area contributed by atoms with Crippen molar-refractivity contribution in [3.05, 3.63) is 29.6 Å². The predicted octanol–water partition coefficient (Wildman–Crippen LogP) is 2.47. The Hall–Kier alpha value is -1.13. The summed E-state index contributed by atoms with van der Waals surface area (Å²) in [7, 11) is 5.29. The van der Waals surface area contributed by atoms with Crippen LogP contribution in [0.3, 0.4) is 0 Å². The molecule has 1 N–H and O–H groups in total. The third kappa shape index (κ3) is 3.25. The van der Waals surface area contributed by atoms with Gasteiger partial charge >= 0.3 is 0 Å². The lowest BCUT2D eigenvalue weighted by molar-refractivity contribution is 0.00253. The Kier molecular flexibility index (Phi) is 5.32. The maximum absolute atomic E-state index is 14.1. The predicted molar refractivity (Wildman–Crippen MR) is 75.0 cm³/mol. The summed E-state index contributed by atoms with van der Waals surface area (Å²) < 4.78 is 19.0. The highest BCUT2D eigenvalue weighted by Crippen LogP contribution is 2.27. The Bertz CT molecular complexity index is 423. The van der Waals surface area contributed by atoms with E-state index >= 15 is 0 Å². The van der Waals surface area contributed by atoms with E-state index in [1.165, 1.54) is 7.11 Å². The van der Waals surface area contributed by atoms with Gasteiger partial charge in [-0.05, 0) is 39.1 Å². The van der Waals surface area contributed by atoms with E-state index in [0.29, 0.717) is 5.56 Å². The molecule has 2 atom stereocenters. The number of aliphatic hydroxyl groups is 1. The molecule has 0 aromatic heterocycles. The average Bonchev–Trinajstić information content (AvgIpc) is 2.39. The monoisotopic (exact) mass is 269 g/mol. The van der Waals surface area contributed by atoms with E-state index in [9.17, 15) is 9.50 Å². The third-order valence-electron chi connectivity index (χ3n) is 4.13. The van der Waals surface area contributed by atoms with Crippen LogP contribution in [-0.2, 0) is 6.42 Å². The first-order valence-corrected chi connectivity index (χ1v) is 6.53. The molecule has 0 aliphatic heterocycles. The molecule has 108 valence electrons. The highest BCUT2D eigenvalue weighted by molar-refractivity contribution is 5.31. The van der Waals surface area contributed by atoms with Gasteiger partial charge in [0.05, 0.1) is 13.2 Å². The van der Waals surface area contributed by atoms with Crippen molar-refractivity contribution in [2.75, 3.05) is 21.2 Å². The molecule has 0 saturated carbocycles. The second kappa shape index (κ2) is 6.35. The van der Waals surface area contributed by atoms with E-state index in [1.807, 2.05) is 32.8 Å². The summed E-state index contributed by atoms with van der Waals surface area (Å²) in [6.45, 7) is 4.00. The molecule has 0 radical (unpaired) electrons. The molecule has 19 heavy (non-hydrogen) atoms. The van der Waals surface area contributed by atoms with Crippen molar-refractivity contribution in [3.63, 3.8) is 0 Å². The lowest BCUT2D eigenvalue weighted by atomic mass is 9.86. The van der Waals surface area contributed by atoms with Gasteiger partial charge in [0.2, 0.25) is 0 Å². The van der Waals surface area contributed by atoms with Crippen LogP contribution in [0.25, 0.3) is 0 Å². The summed E-state index contributed by atoms with van der Waals surface area (Å²) in [6, 6.07) is 5.01. The largest absolute Gasteiger partial charge is 0.494 e.